The van der Waals surface area contributed by atoms with Gasteiger partial charge in [-0.05, 0) is 47.5 Å². The van der Waals surface area contributed by atoms with Gasteiger partial charge < -0.3 is 4.74 Å². The standard InChI is InChI=1S/C14H18BrFN4O/c1-8(2)20-14(10(15)7-18-20)13(19-17)9-4-5-11(16)12(6-9)21-3/h4-8,13,19H,17H2,1-3H3. The van der Waals surface area contributed by atoms with Crippen LogP contribution in [0.5, 0.6) is 5.75 Å². The van der Waals surface area contributed by atoms with Gasteiger partial charge in [-0.25, -0.2) is 9.82 Å². The monoisotopic (exact) mass is 356 g/mol. The summed E-state index contributed by atoms with van der Waals surface area (Å²) in [5.74, 6) is 5.49. The van der Waals surface area contributed by atoms with Crippen LogP contribution in [0.4, 0.5) is 4.39 Å². The number of methoxy groups -OCH3 is 1. The van der Waals surface area contributed by atoms with Crippen molar-refractivity contribution in [3.8, 4) is 5.75 Å². The van der Waals surface area contributed by atoms with Gasteiger partial charge in [-0.2, -0.15) is 5.10 Å². The molecule has 5 nitrogen and oxygen atoms in total. The van der Waals surface area contributed by atoms with E-state index in [1.165, 1.54) is 13.2 Å². The van der Waals surface area contributed by atoms with E-state index in [2.05, 4.69) is 26.5 Å². The van der Waals surface area contributed by atoms with Crippen molar-refractivity contribution in [1.29, 1.82) is 0 Å². The summed E-state index contributed by atoms with van der Waals surface area (Å²) in [5, 5.41) is 4.34. The molecule has 0 bridgehead atoms. The van der Waals surface area contributed by atoms with Crippen LogP contribution in [0, 0.1) is 5.82 Å². The largest absolute Gasteiger partial charge is 0.494 e. The van der Waals surface area contributed by atoms with E-state index in [0.717, 1.165) is 15.7 Å². The lowest BCUT2D eigenvalue weighted by Gasteiger charge is -2.21. The van der Waals surface area contributed by atoms with Crippen LogP contribution < -0.4 is 16.0 Å². The fraction of sp³-hybridized carbons (Fsp3) is 0.357. The fourth-order valence-corrected chi connectivity index (χ4v) is 2.72. The van der Waals surface area contributed by atoms with Crippen molar-refractivity contribution >= 4 is 15.9 Å². The second-order valence-electron chi connectivity index (χ2n) is 4.91. The summed E-state index contributed by atoms with van der Waals surface area (Å²) in [5.41, 5.74) is 4.43. The molecule has 0 aliphatic heterocycles. The molecule has 0 spiro atoms. The topological polar surface area (TPSA) is 65.1 Å². The quantitative estimate of drug-likeness (QED) is 0.638. The third-order valence-electron chi connectivity index (χ3n) is 3.22. The van der Waals surface area contributed by atoms with Crippen LogP contribution in [0.2, 0.25) is 0 Å². The lowest BCUT2D eigenvalue weighted by Crippen LogP contribution is -2.31. The van der Waals surface area contributed by atoms with E-state index < -0.39 is 5.82 Å². The minimum Gasteiger partial charge on any atom is -0.494 e. The molecular weight excluding hydrogens is 339 g/mol. The zero-order valence-corrected chi connectivity index (χ0v) is 13.7. The van der Waals surface area contributed by atoms with Crippen molar-refractivity contribution in [2.24, 2.45) is 5.84 Å². The first-order valence-electron chi connectivity index (χ1n) is 6.52. The lowest BCUT2D eigenvalue weighted by atomic mass is 10.0. The average Bonchev–Trinajstić information content (AvgIpc) is 2.84. The number of benzene rings is 1. The Labute approximate surface area is 131 Å². The van der Waals surface area contributed by atoms with Gasteiger partial charge in [0.05, 0.1) is 29.5 Å². The third kappa shape index (κ3) is 3.09. The Balaban J connectivity index is 2.52. The molecule has 0 aliphatic carbocycles. The SMILES string of the molecule is COc1cc(C(NN)c2c(Br)cnn2C(C)C)ccc1F. The van der Waals surface area contributed by atoms with Gasteiger partial charge in [0.2, 0.25) is 0 Å². The van der Waals surface area contributed by atoms with Gasteiger partial charge in [0, 0.05) is 6.04 Å². The summed E-state index contributed by atoms with van der Waals surface area (Å²) < 4.78 is 21.3. The van der Waals surface area contributed by atoms with Crippen molar-refractivity contribution in [1.82, 2.24) is 15.2 Å². The van der Waals surface area contributed by atoms with E-state index in [-0.39, 0.29) is 17.8 Å². The molecule has 3 N–H and O–H groups in total. The summed E-state index contributed by atoms with van der Waals surface area (Å²) in [7, 11) is 1.43. The smallest absolute Gasteiger partial charge is 0.165 e. The Hall–Kier alpha value is -1.44. The van der Waals surface area contributed by atoms with E-state index in [1.807, 2.05) is 18.5 Å². The van der Waals surface area contributed by atoms with Crippen molar-refractivity contribution in [3.05, 3.63) is 45.9 Å². The van der Waals surface area contributed by atoms with E-state index in [0.29, 0.717) is 0 Å². The number of ether oxygens (including phenoxy) is 1. The second-order valence-corrected chi connectivity index (χ2v) is 5.76. The van der Waals surface area contributed by atoms with Gasteiger partial charge in [0.25, 0.3) is 0 Å². The Morgan fingerprint density at radius 3 is 2.71 bits per heavy atom. The van der Waals surface area contributed by atoms with Gasteiger partial charge >= 0.3 is 0 Å². The summed E-state index contributed by atoms with van der Waals surface area (Å²) >= 11 is 3.49. The number of hydrogen-bond donors (Lipinski definition) is 2. The van der Waals surface area contributed by atoms with Crippen LogP contribution in [0.1, 0.15) is 37.2 Å². The molecular formula is C14H18BrFN4O. The molecule has 2 aromatic rings. The molecule has 0 saturated carbocycles. The first kappa shape index (κ1) is 15.9. The molecule has 0 radical (unpaired) electrons. The number of aromatic nitrogens is 2. The molecule has 1 aromatic carbocycles. The van der Waals surface area contributed by atoms with E-state index in [1.54, 1.807) is 18.3 Å². The molecule has 1 atom stereocenters. The molecule has 0 fully saturated rings. The Morgan fingerprint density at radius 1 is 1.43 bits per heavy atom. The fourth-order valence-electron chi connectivity index (χ4n) is 2.22. The summed E-state index contributed by atoms with van der Waals surface area (Å²) in [6.45, 7) is 4.06. The number of nitrogens with one attached hydrogen (secondary N) is 1. The van der Waals surface area contributed by atoms with Crippen molar-refractivity contribution < 1.29 is 9.13 Å². The minimum absolute atomic E-state index is 0.171. The highest BCUT2D eigenvalue weighted by atomic mass is 79.9. The molecule has 1 heterocycles. The summed E-state index contributed by atoms with van der Waals surface area (Å²) in [4.78, 5) is 0. The lowest BCUT2D eigenvalue weighted by molar-refractivity contribution is 0.385. The molecule has 2 rings (SSSR count). The molecule has 0 aliphatic rings. The third-order valence-corrected chi connectivity index (χ3v) is 3.84. The number of rotatable bonds is 5. The highest BCUT2D eigenvalue weighted by molar-refractivity contribution is 9.10. The van der Waals surface area contributed by atoms with Crippen molar-refractivity contribution in [2.45, 2.75) is 25.9 Å². The maximum absolute atomic E-state index is 13.6. The van der Waals surface area contributed by atoms with E-state index in [9.17, 15) is 4.39 Å². The maximum atomic E-state index is 13.6. The maximum Gasteiger partial charge on any atom is 0.165 e. The Morgan fingerprint density at radius 2 is 2.14 bits per heavy atom. The number of nitrogens with zero attached hydrogens (tertiary/aromatic N) is 2. The number of halogens is 2. The van der Waals surface area contributed by atoms with Crippen LogP contribution in [-0.2, 0) is 0 Å². The first-order valence-corrected chi connectivity index (χ1v) is 7.31. The number of hydrazine groups is 1. The molecule has 21 heavy (non-hydrogen) atoms. The highest BCUT2D eigenvalue weighted by Crippen LogP contribution is 2.32. The van der Waals surface area contributed by atoms with Gasteiger partial charge in [0.15, 0.2) is 11.6 Å². The first-order chi connectivity index (χ1) is 9.99. The molecule has 0 amide bonds. The van der Waals surface area contributed by atoms with Crippen molar-refractivity contribution in [3.63, 3.8) is 0 Å². The van der Waals surface area contributed by atoms with Crippen LogP contribution in [0.25, 0.3) is 0 Å². The zero-order valence-electron chi connectivity index (χ0n) is 12.1. The molecule has 1 unspecified atom stereocenters. The summed E-state index contributed by atoms with van der Waals surface area (Å²) in [6, 6.07) is 4.50. The number of hydrogen-bond acceptors (Lipinski definition) is 4. The number of nitrogens with two attached hydrogens (primary N) is 1. The van der Waals surface area contributed by atoms with Gasteiger partial charge in [0.1, 0.15) is 0 Å². The van der Waals surface area contributed by atoms with Gasteiger partial charge in [-0.3, -0.25) is 10.5 Å². The minimum atomic E-state index is -0.409. The molecule has 114 valence electrons. The average molecular weight is 357 g/mol. The van der Waals surface area contributed by atoms with Gasteiger partial charge in [-0.1, -0.05) is 6.07 Å². The van der Waals surface area contributed by atoms with Crippen LogP contribution in [-0.4, -0.2) is 16.9 Å². The summed E-state index contributed by atoms with van der Waals surface area (Å²) in [6.07, 6.45) is 1.72. The van der Waals surface area contributed by atoms with Gasteiger partial charge in [-0.15, -0.1) is 0 Å². The molecule has 1 aromatic heterocycles. The predicted molar refractivity (Wildman–Crippen MR) is 82.4 cm³/mol. The van der Waals surface area contributed by atoms with Crippen molar-refractivity contribution in [2.75, 3.05) is 7.11 Å². The van der Waals surface area contributed by atoms with Crippen LogP contribution in [0.15, 0.2) is 28.9 Å². The zero-order chi connectivity index (χ0) is 15.6. The predicted octanol–water partition coefficient (Wildman–Crippen LogP) is 2.93. The van der Waals surface area contributed by atoms with E-state index >= 15 is 0 Å². The highest BCUT2D eigenvalue weighted by Gasteiger charge is 2.23. The van der Waals surface area contributed by atoms with Crippen LogP contribution >= 0.6 is 15.9 Å². The second kappa shape index (κ2) is 6.55. The Bertz CT molecular complexity index is 629. The normalized spacial score (nSPS) is 12.7. The Kier molecular flexibility index (Phi) is 4.97. The van der Waals surface area contributed by atoms with Crippen LogP contribution in [0.3, 0.4) is 0 Å². The molecule has 7 heteroatoms. The van der Waals surface area contributed by atoms with E-state index in [4.69, 9.17) is 10.6 Å². The molecule has 0 saturated heterocycles.